The summed E-state index contributed by atoms with van der Waals surface area (Å²) in [5.41, 5.74) is 1.86. The Balaban J connectivity index is 1.92. The fourth-order valence-electron chi connectivity index (χ4n) is 3.65. The van der Waals surface area contributed by atoms with Crippen molar-refractivity contribution in [2.45, 2.75) is 32.7 Å². The van der Waals surface area contributed by atoms with Gasteiger partial charge in [0.2, 0.25) is 0 Å². The maximum atomic E-state index is 13.8. The third-order valence-electron chi connectivity index (χ3n) is 5.21. The van der Waals surface area contributed by atoms with E-state index in [0.717, 1.165) is 10.2 Å². The molecular formula is C23H22ClF2N3O3. The van der Waals surface area contributed by atoms with Crippen molar-refractivity contribution < 1.29 is 23.5 Å². The number of alkyl halides is 2. The van der Waals surface area contributed by atoms with Crippen LogP contribution >= 0.6 is 11.6 Å². The molecule has 0 aliphatic rings. The van der Waals surface area contributed by atoms with Gasteiger partial charge in [0.1, 0.15) is 5.69 Å². The summed E-state index contributed by atoms with van der Waals surface area (Å²) in [7, 11) is 1.38. The Bertz CT molecular complexity index is 1160. The quantitative estimate of drug-likeness (QED) is 0.512. The van der Waals surface area contributed by atoms with Crippen LogP contribution in [0.2, 0.25) is 5.02 Å². The van der Waals surface area contributed by atoms with E-state index in [9.17, 15) is 18.4 Å². The summed E-state index contributed by atoms with van der Waals surface area (Å²) in [5.74, 6) is -1.73. The molecule has 168 valence electrons. The molecule has 0 spiro atoms. The first-order chi connectivity index (χ1) is 15.1. The molecule has 2 N–H and O–H groups in total. The van der Waals surface area contributed by atoms with Gasteiger partial charge in [-0.2, -0.15) is 5.10 Å². The van der Waals surface area contributed by atoms with E-state index in [1.807, 2.05) is 0 Å². The number of rotatable bonds is 7. The summed E-state index contributed by atoms with van der Waals surface area (Å²) in [6.45, 7) is 3.43. The van der Waals surface area contributed by atoms with Gasteiger partial charge in [-0.05, 0) is 54.8 Å². The number of aromatic nitrogens is 2. The molecule has 1 atom stereocenters. The van der Waals surface area contributed by atoms with Gasteiger partial charge >= 0.3 is 5.97 Å². The van der Waals surface area contributed by atoms with Crippen molar-refractivity contribution in [3.63, 3.8) is 0 Å². The number of carboxylic acids is 1. The number of amides is 1. The minimum atomic E-state index is -2.89. The van der Waals surface area contributed by atoms with Crippen molar-refractivity contribution in [3.05, 3.63) is 86.7 Å². The molecule has 1 heterocycles. The van der Waals surface area contributed by atoms with Crippen molar-refractivity contribution in [1.29, 1.82) is 0 Å². The van der Waals surface area contributed by atoms with E-state index in [2.05, 4.69) is 10.4 Å². The molecule has 0 fully saturated rings. The number of carbonyl (C=O) groups excluding carboxylic acids is 1. The highest BCUT2D eigenvalue weighted by atomic mass is 35.5. The van der Waals surface area contributed by atoms with Crippen LogP contribution in [-0.2, 0) is 13.5 Å². The molecule has 1 amide bonds. The second kappa shape index (κ2) is 9.48. The minimum absolute atomic E-state index is 0.127. The fourth-order valence-corrected chi connectivity index (χ4v) is 3.78. The van der Waals surface area contributed by atoms with Crippen LogP contribution in [0.15, 0.2) is 42.5 Å². The average Bonchev–Trinajstić information content (AvgIpc) is 3.05. The second-order valence-electron chi connectivity index (χ2n) is 7.51. The highest BCUT2D eigenvalue weighted by molar-refractivity contribution is 6.30. The van der Waals surface area contributed by atoms with Crippen LogP contribution in [-0.4, -0.2) is 26.8 Å². The fraction of sp³-hybridized carbons (Fsp3) is 0.261. The van der Waals surface area contributed by atoms with Crippen LogP contribution in [0.5, 0.6) is 0 Å². The molecule has 9 heteroatoms. The molecule has 0 saturated heterocycles. The van der Waals surface area contributed by atoms with Crippen LogP contribution in [0.25, 0.3) is 0 Å². The van der Waals surface area contributed by atoms with Gasteiger partial charge in [0.25, 0.3) is 12.3 Å². The van der Waals surface area contributed by atoms with Crippen LogP contribution in [0.4, 0.5) is 8.78 Å². The zero-order chi connectivity index (χ0) is 23.6. The van der Waals surface area contributed by atoms with Crippen molar-refractivity contribution in [1.82, 2.24) is 15.1 Å². The molecule has 1 aromatic heterocycles. The lowest BCUT2D eigenvalue weighted by Crippen LogP contribution is -2.29. The van der Waals surface area contributed by atoms with Crippen LogP contribution in [0.3, 0.4) is 0 Å². The number of hydrogen-bond acceptors (Lipinski definition) is 3. The van der Waals surface area contributed by atoms with E-state index in [0.29, 0.717) is 16.1 Å². The number of hydrogen-bond donors (Lipinski definition) is 2. The Morgan fingerprint density at radius 1 is 1.19 bits per heavy atom. The third kappa shape index (κ3) is 4.96. The molecule has 0 aliphatic carbocycles. The standard InChI is InChI=1S/C23H22ClF2N3O3/c1-12-10-15(23(31)32)6-9-17(12)13(2)27-22(30)19-18(28-29(3)20(19)21(25)26)11-14-4-7-16(24)8-5-14/h4-10,13,21H,11H2,1-3H3,(H,27,30)(H,31,32)/t13-/m0/s1. The molecule has 32 heavy (non-hydrogen) atoms. The second-order valence-corrected chi connectivity index (χ2v) is 7.94. The highest BCUT2D eigenvalue weighted by Crippen LogP contribution is 2.28. The molecule has 3 aromatic rings. The molecule has 0 radical (unpaired) electrons. The number of nitrogens with zero attached hydrogens (tertiary/aromatic N) is 2. The Morgan fingerprint density at radius 2 is 1.84 bits per heavy atom. The van der Waals surface area contributed by atoms with Gasteiger partial charge in [0, 0.05) is 18.5 Å². The number of carboxylic acid groups (broad SMARTS) is 1. The lowest BCUT2D eigenvalue weighted by molar-refractivity contribution is 0.0696. The molecule has 6 nitrogen and oxygen atoms in total. The zero-order valence-corrected chi connectivity index (χ0v) is 18.5. The first-order valence-electron chi connectivity index (χ1n) is 9.81. The van der Waals surface area contributed by atoms with Gasteiger partial charge in [-0.25, -0.2) is 13.6 Å². The predicted molar refractivity (Wildman–Crippen MR) is 116 cm³/mol. The monoisotopic (exact) mass is 461 g/mol. The molecule has 0 aliphatic heterocycles. The molecule has 3 rings (SSSR count). The van der Waals surface area contributed by atoms with Gasteiger partial charge in [-0.15, -0.1) is 0 Å². The maximum Gasteiger partial charge on any atom is 0.335 e. The smallest absolute Gasteiger partial charge is 0.335 e. The van der Waals surface area contributed by atoms with Gasteiger partial charge in [-0.3, -0.25) is 9.48 Å². The van der Waals surface area contributed by atoms with Crippen LogP contribution < -0.4 is 5.32 Å². The number of halogens is 3. The third-order valence-corrected chi connectivity index (χ3v) is 5.47. The van der Waals surface area contributed by atoms with E-state index in [1.54, 1.807) is 44.2 Å². The molecule has 2 aromatic carbocycles. The van der Waals surface area contributed by atoms with E-state index in [1.165, 1.54) is 19.2 Å². The van der Waals surface area contributed by atoms with Crippen molar-refractivity contribution in [2.75, 3.05) is 0 Å². The van der Waals surface area contributed by atoms with E-state index in [-0.39, 0.29) is 23.2 Å². The van der Waals surface area contributed by atoms with E-state index < -0.39 is 30.0 Å². The minimum Gasteiger partial charge on any atom is -0.478 e. The Hall–Kier alpha value is -3.26. The molecule has 0 unspecified atom stereocenters. The van der Waals surface area contributed by atoms with Crippen molar-refractivity contribution >= 4 is 23.5 Å². The largest absolute Gasteiger partial charge is 0.478 e. The predicted octanol–water partition coefficient (Wildman–Crippen LogP) is 5.10. The summed E-state index contributed by atoms with van der Waals surface area (Å²) in [5, 5.41) is 16.6. The van der Waals surface area contributed by atoms with Gasteiger partial charge < -0.3 is 10.4 Å². The van der Waals surface area contributed by atoms with Crippen LogP contribution in [0.1, 0.15) is 68.2 Å². The van der Waals surface area contributed by atoms with Crippen molar-refractivity contribution in [3.8, 4) is 0 Å². The summed E-state index contributed by atoms with van der Waals surface area (Å²) in [4.78, 5) is 24.3. The normalized spacial score (nSPS) is 12.1. The van der Waals surface area contributed by atoms with Crippen LogP contribution in [0, 0.1) is 6.92 Å². The SMILES string of the molecule is Cc1cc(C(=O)O)ccc1[C@H](C)NC(=O)c1c(Cc2ccc(Cl)cc2)nn(C)c1C(F)F. The van der Waals surface area contributed by atoms with E-state index in [4.69, 9.17) is 16.7 Å². The van der Waals surface area contributed by atoms with Gasteiger partial charge in [0.05, 0.1) is 22.9 Å². The summed E-state index contributed by atoms with van der Waals surface area (Å²) in [6, 6.07) is 10.9. The molecule has 0 saturated carbocycles. The number of benzene rings is 2. The van der Waals surface area contributed by atoms with Gasteiger partial charge in [0.15, 0.2) is 0 Å². The molecular weight excluding hydrogens is 440 g/mol. The first-order valence-corrected chi connectivity index (χ1v) is 10.2. The van der Waals surface area contributed by atoms with E-state index >= 15 is 0 Å². The Morgan fingerprint density at radius 3 is 2.41 bits per heavy atom. The summed E-state index contributed by atoms with van der Waals surface area (Å²) < 4.78 is 28.6. The average molecular weight is 462 g/mol. The number of carbonyl (C=O) groups is 2. The lowest BCUT2D eigenvalue weighted by atomic mass is 9.99. The zero-order valence-electron chi connectivity index (χ0n) is 17.7. The summed E-state index contributed by atoms with van der Waals surface area (Å²) >= 11 is 5.91. The number of aryl methyl sites for hydroxylation is 2. The highest BCUT2D eigenvalue weighted by Gasteiger charge is 2.29. The van der Waals surface area contributed by atoms with Crippen molar-refractivity contribution in [2.24, 2.45) is 7.05 Å². The summed E-state index contributed by atoms with van der Waals surface area (Å²) in [6.07, 6.45) is -2.71. The lowest BCUT2D eigenvalue weighted by Gasteiger charge is -2.18. The maximum absolute atomic E-state index is 13.8. The number of nitrogens with one attached hydrogen (secondary N) is 1. The molecule has 0 bridgehead atoms. The first kappa shape index (κ1) is 23.4. The Kier molecular flexibility index (Phi) is 6.93. The number of aromatic carboxylic acids is 1. The van der Waals surface area contributed by atoms with Gasteiger partial charge in [-0.1, -0.05) is 29.8 Å². The topological polar surface area (TPSA) is 84.2 Å². The Labute approximate surface area is 188 Å².